The first-order chi connectivity index (χ1) is 5.91. The molecule has 0 aliphatic heterocycles. The lowest BCUT2D eigenvalue weighted by atomic mass is 10.2. The first-order valence-electron chi connectivity index (χ1n) is 3.85. The van der Waals surface area contributed by atoms with E-state index in [2.05, 4.69) is 0 Å². The molecule has 0 fully saturated rings. The molecule has 0 amide bonds. The lowest BCUT2D eigenvalue weighted by Crippen LogP contribution is -2.07. The van der Waals surface area contributed by atoms with Crippen LogP contribution in [0.4, 0.5) is 0 Å². The van der Waals surface area contributed by atoms with Crippen LogP contribution in [0.5, 0.6) is 0 Å². The van der Waals surface area contributed by atoms with Crippen molar-refractivity contribution >= 4 is 21.4 Å². The van der Waals surface area contributed by atoms with E-state index in [1.807, 2.05) is 0 Å². The van der Waals surface area contributed by atoms with Crippen molar-refractivity contribution in [1.29, 1.82) is 0 Å². The van der Waals surface area contributed by atoms with Gasteiger partial charge in [-0.05, 0) is 24.6 Å². The maximum atomic E-state index is 11.2. The second kappa shape index (κ2) is 3.68. The quantitative estimate of drug-likeness (QED) is 0.764. The average molecular weight is 219 g/mol. The number of hydrogen-bond donors (Lipinski definition) is 0. The van der Waals surface area contributed by atoms with Crippen molar-refractivity contribution in [2.24, 2.45) is 0 Å². The third-order valence-corrected chi connectivity index (χ3v) is 3.75. The fraction of sp³-hybridized carbons (Fsp3) is 0.333. The molecule has 13 heavy (non-hydrogen) atoms. The summed E-state index contributed by atoms with van der Waals surface area (Å²) < 4.78 is 22.4. The summed E-state index contributed by atoms with van der Waals surface area (Å²) in [5.74, 6) is 0. The van der Waals surface area contributed by atoms with Gasteiger partial charge in [0.25, 0.3) is 0 Å². The number of benzene rings is 1. The van der Waals surface area contributed by atoms with Crippen LogP contribution in [0.2, 0.25) is 5.02 Å². The van der Waals surface area contributed by atoms with E-state index in [1.54, 1.807) is 31.2 Å². The Labute approximate surface area is 83.5 Å². The molecule has 0 saturated heterocycles. The zero-order valence-electron chi connectivity index (χ0n) is 7.49. The summed E-state index contributed by atoms with van der Waals surface area (Å²) in [7, 11) is -3.03. The second-order valence-electron chi connectivity index (χ2n) is 3.03. The molecule has 1 aromatic carbocycles. The van der Waals surface area contributed by atoms with Gasteiger partial charge in [0.1, 0.15) is 0 Å². The van der Waals surface area contributed by atoms with Crippen molar-refractivity contribution < 1.29 is 8.42 Å². The van der Waals surface area contributed by atoms with Crippen LogP contribution in [0, 0.1) is 0 Å². The van der Waals surface area contributed by atoms with Crippen LogP contribution in [-0.4, -0.2) is 14.7 Å². The Morgan fingerprint density at radius 1 is 1.38 bits per heavy atom. The molecule has 0 aliphatic rings. The summed E-state index contributed by atoms with van der Waals surface area (Å²) in [5, 5.41) is 0.0687. The van der Waals surface area contributed by atoms with E-state index in [0.29, 0.717) is 5.02 Å². The highest BCUT2D eigenvalue weighted by molar-refractivity contribution is 7.90. The molecule has 0 radical (unpaired) electrons. The predicted octanol–water partition coefficient (Wildman–Crippen LogP) is 2.45. The summed E-state index contributed by atoms with van der Waals surface area (Å²) >= 11 is 5.74. The van der Waals surface area contributed by atoms with Crippen molar-refractivity contribution in [3.8, 4) is 0 Å². The summed E-state index contributed by atoms with van der Waals surface area (Å²) in [6, 6.07) is 6.91. The molecule has 1 aromatic rings. The van der Waals surface area contributed by atoms with Gasteiger partial charge >= 0.3 is 0 Å². The van der Waals surface area contributed by atoms with E-state index in [1.165, 1.54) is 6.26 Å². The Morgan fingerprint density at radius 3 is 2.46 bits per heavy atom. The maximum Gasteiger partial charge on any atom is 0.154 e. The Hall–Kier alpha value is -0.540. The molecular formula is C9H11ClO2S. The molecule has 1 rings (SSSR count). The van der Waals surface area contributed by atoms with Crippen LogP contribution >= 0.6 is 11.6 Å². The summed E-state index contributed by atoms with van der Waals surface area (Å²) in [6.45, 7) is 1.65. The molecule has 0 aromatic heterocycles. The summed E-state index contributed by atoms with van der Waals surface area (Å²) in [6.07, 6.45) is 1.22. The van der Waals surface area contributed by atoms with Gasteiger partial charge in [0, 0.05) is 11.3 Å². The number of halogens is 1. The molecule has 2 nitrogen and oxygen atoms in total. The Balaban J connectivity index is 3.10. The van der Waals surface area contributed by atoms with Crippen LogP contribution in [0.25, 0.3) is 0 Å². The fourth-order valence-electron chi connectivity index (χ4n) is 1.01. The highest BCUT2D eigenvalue weighted by Gasteiger charge is 2.16. The third-order valence-electron chi connectivity index (χ3n) is 1.96. The smallest absolute Gasteiger partial charge is 0.154 e. The molecule has 0 spiro atoms. The molecule has 0 heterocycles. The van der Waals surface area contributed by atoms with Crippen molar-refractivity contribution in [1.82, 2.24) is 0 Å². The lowest BCUT2D eigenvalue weighted by molar-refractivity contribution is 0.592. The van der Waals surface area contributed by atoms with E-state index in [9.17, 15) is 8.42 Å². The van der Waals surface area contributed by atoms with Gasteiger partial charge in [0.15, 0.2) is 9.84 Å². The monoisotopic (exact) mass is 218 g/mol. The van der Waals surface area contributed by atoms with Crippen LogP contribution in [0.15, 0.2) is 24.3 Å². The van der Waals surface area contributed by atoms with Gasteiger partial charge in [0.2, 0.25) is 0 Å². The van der Waals surface area contributed by atoms with Crippen LogP contribution in [0.3, 0.4) is 0 Å². The zero-order chi connectivity index (χ0) is 10.1. The Kier molecular flexibility index (Phi) is 2.98. The van der Waals surface area contributed by atoms with E-state index in [0.717, 1.165) is 5.56 Å². The van der Waals surface area contributed by atoms with Crippen molar-refractivity contribution in [2.75, 3.05) is 6.26 Å². The minimum Gasteiger partial charge on any atom is -0.229 e. The molecule has 1 unspecified atom stereocenters. The zero-order valence-corrected chi connectivity index (χ0v) is 9.06. The Morgan fingerprint density at radius 2 is 2.00 bits per heavy atom. The van der Waals surface area contributed by atoms with Gasteiger partial charge < -0.3 is 0 Å². The number of hydrogen-bond acceptors (Lipinski definition) is 2. The number of rotatable bonds is 2. The molecule has 0 bridgehead atoms. The SMILES string of the molecule is CC(c1cccc(Cl)c1)S(C)(=O)=O. The number of sulfone groups is 1. The molecular weight excluding hydrogens is 208 g/mol. The van der Waals surface area contributed by atoms with Gasteiger partial charge in [-0.3, -0.25) is 0 Å². The van der Waals surface area contributed by atoms with Gasteiger partial charge in [-0.1, -0.05) is 23.7 Å². The first-order valence-corrected chi connectivity index (χ1v) is 6.19. The first kappa shape index (κ1) is 10.5. The van der Waals surface area contributed by atoms with Crippen LogP contribution < -0.4 is 0 Å². The Bertz CT molecular complexity index is 398. The molecule has 72 valence electrons. The fourth-order valence-corrected chi connectivity index (χ4v) is 1.85. The summed E-state index contributed by atoms with van der Waals surface area (Å²) in [5.41, 5.74) is 0.731. The third kappa shape index (κ3) is 2.71. The van der Waals surface area contributed by atoms with E-state index in [4.69, 9.17) is 11.6 Å². The van der Waals surface area contributed by atoms with Crippen LogP contribution in [0.1, 0.15) is 17.7 Å². The van der Waals surface area contributed by atoms with Gasteiger partial charge in [-0.15, -0.1) is 0 Å². The minimum absolute atomic E-state index is 0.494. The van der Waals surface area contributed by atoms with Crippen molar-refractivity contribution in [3.05, 3.63) is 34.9 Å². The lowest BCUT2D eigenvalue weighted by Gasteiger charge is -2.09. The molecule has 0 N–H and O–H groups in total. The van der Waals surface area contributed by atoms with Crippen molar-refractivity contribution in [2.45, 2.75) is 12.2 Å². The predicted molar refractivity (Wildman–Crippen MR) is 54.7 cm³/mol. The van der Waals surface area contributed by atoms with E-state index < -0.39 is 15.1 Å². The standard InChI is InChI=1S/C9H11ClO2S/c1-7(13(2,11)12)8-4-3-5-9(10)6-8/h3-7H,1-2H3. The van der Waals surface area contributed by atoms with Crippen LogP contribution in [-0.2, 0) is 9.84 Å². The second-order valence-corrected chi connectivity index (χ2v) is 5.83. The van der Waals surface area contributed by atoms with E-state index in [-0.39, 0.29) is 0 Å². The molecule has 0 aliphatic carbocycles. The highest BCUT2D eigenvalue weighted by Crippen LogP contribution is 2.23. The van der Waals surface area contributed by atoms with Crippen molar-refractivity contribution in [3.63, 3.8) is 0 Å². The molecule has 1 atom stereocenters. The average Bonchev–Trinajstić information content (AvgIpc) is 2.01. The van der Waals surface area contributed by atoms with Gasteiger partial charge in [-0.25, -0.2) is 8.42 Å². The largest absolute Gasteiger partial charge is 0.229 e. The molecule has 0 saturated carbocycles. The van der Waals surface area contributed by atoms with Gasteiger partial charge in [-0.2, -0.15) is 0 Å². The van der Waals surface area contributed by atoms with Gasteiger partial charge in [0.05, 0.1) is 5.25 Å². The molecule has 4 heteroatoms. The highest BCUT2D eigenvalue weighted by atomic mass is 35.5. The topological polar surface area (TPSA) is 34.1 Å². The summed E-state index contributed by atoms with van der Waals surface area (Å²) in [4.78, 5) is 0. The minimum atomic E-state index is -3.03. The van der Waals surface area contributed by atoms with E-state index >= 15 is 0 Å². The maximum absolute atomic E-state index is 11.2. The normalized spacial score (nSPS) is 14.1.